The van der Waals surface area contributed by atoms with Gasteiger partial charge in [-0.1, -0.05) is 30.3 Å². The van der Waals surface area contributed by atoms with Crippen LogP contribution in [0.2, 0.25) is 0 Å². The second-order valence-corrected chi connectivity index (χ2v) is 7.05. The van der Waals surface area contributed by atoms with Gasteiger partial charge in [0.1, 0.15) is 23.2 Å². The summed E-state index contributed by atoms with van der Waals surface area (Å²) in [4.78, 5) is 12.7. The number of hydrogen-bond donors (Lipinski definition) is 1. The van der Waals surface area contributed by atoms with E-state index in [-0.39, 0.29) is 11.3 Å². The van der Waals surface area contributed by atoms with E-state index in [1.54, 1.807) is 36.2 Å². The molecule has 33 heavy (non-hydrogen) atoms. The van der Waals surface area contributed by atoms with Crippen LogP contribution < -0.4 is 10.1 Å². The van der Waals surface area contributed by atoms with E-state index < -0.39 is 11.7 Å². The van der Waals surface area contributed by atoms with E-state index in [4.69, 9.17) is 4.74 Å². The van der Waals surface area contributed by atoms with Crippen LogP contribution in [0.5, 0.6) is 5.75 Å². The van der Waals surface area contributed by atoms with Crippen LogP contribution in [0.25, 0.3) is 23.0 Å². The Labute approximate surface area is 190 Å². The quantitative estimate of drug-likeness (QED) is 0.330. The number of aromatic nitrogens is 2. The van der Waals surface area contributed by atoms with Crippen LogP contribution in [0.4, 0.5) is 10.1 Å². The molecule has 4 rings (SSSR count). The van der Waals surface area contributed by atoms with Crippen molar-refractivity contribution in [2.24, 2.45) is 0 Å². The van der Waals surface area contributed by atoms with Crippen LogP contribution in [0.3, 0.4) is 0 Å². The average molecular weight is 438 g/mol. The van der Waals surface area contributed by atoms with Crippen molar-refractivity contribution in [3.8, 4) is 28.8 Å². The number of nitriles is 1. The van der Waals surface area contributed by atoms with Crippen LogP contribution in [-0.2, 0) is 4.79 Å². The van der Waals surface area contributed by atoms with E-state index in [1.807, 2.05) is 48.5 Å². The number of carbonyl (C=O) groups is 1. The first-order valence-corrected chi connectivity index (χ1v) is 10.1. The molecule has 0 aliphatic rings. The molecule has 4 aromatic rings. The Kier molecular flexibility index (Phi) is 6.28. The van der Waals surface area contributed by atoms with Crippen molar-refractivity contribution in [1.82, 2.24) is 9.78 Å². The minimum atomic E-state index is -0.712. The first-order chi connectivity index (χ1) is 16.1. The summed E-state index contributed by atoms with van der Waals surface area (Å²) in [7, 11) is 1.58. The van der Waals surface area contributed by atoms with Crippen molar-refractivity contribution < 1.29 is 13.9 Å². The zero-order chi connectivity index (χ0) is 23.2. The SMILES string of the molecule is COc1ccc(-c2nn(-c3ccccc3)cc2/C=C(\C#N)C(=O)Nc2ccccc2F)cc1. The summed E-state index contributed by atoms with van der Waals surface area (Å²) < 4.78 is 20.8. The molecular weight excluding hydrogens is 419 g/mol. The molecule has 3 aromatic carbocycles. The summed E-state index contributed by atoms with van der Waals surface area (Å²) in [6, 6.07) is 24.5. The van der Waals surface area contributed by atoms with Crippen molar-refractivity contribution in [1.29, 1.82) is 5.26 Å². The molecule has 0 radical (unpaired) electrons. The minimum absolute atomic E-state index is 0.000918. The van der Waals surface area contributed by atoms with Gasteiger partial charge in [0.15, 0.2) is 0 Å². The van der Waals surface area contributed by atoms with E-state index in [9.17, 15) is 14.4 Å². The molecule has 1 amide bonds. The predicted octanol–water partition coefficient (Wildman–Crippen LogP) is 5.23. The summed E-state index contributed by atoms with van der Waals surface area (Å²) in [6.07, 6.45) is 3.19. The minimum Gasteiger partial charge on any atom is -0.497 e. The number of ether oxygens (including phenoxy) is 1. The fourth-order valence-corrected chi connectivity index (χ4v) is 3.24. The molecule has 0 spiro atoms. The first-order valence-electron chi connectivity index (χ1n) is 10.1. The number of hydrogen-bond acceptors (Lipinski definition) is 4. The van der Waals surface area contributed by atoms with Gasteiger partial charge in [-0.05, 0) is 54.6 Å². The van der Waals surface area contributed by atoms with Gasteiger partial charge in [-0.15, -0.1) is 0 Å². The largest absolute Gasteiger partial charge is 0.497 e. The number of carbonyl (C=O) groups excluding carboxylic acids is 1. The number of halogens is 1. The maximum absolute atomic E-state index is 13.9. The molecule has 0 fully saturated rings. The second-order valence-electron chi connectivity index (χ2n) is 7.05. The lowest BCUT2D eigenvalue weighted by Crippen LogP contribution is -2.14. The molecule has 0 bridgehead atoms. The van der Waals surface area contributed by atoms with Crippen LogP contribution in [0, 0.1) is 17.1 Å². The number of nitrogens with zero attached hydrogens (tertiary/aromatic N) is 3. The Hall–Kier alpha value is -4.70. The Morgan fingerprint density at radius 3 is 2.42 bits per heavy atom. The van der Waals surface area contributed by atoms with Gasteiger partial charge in [-0.3, -0.25) is 4.79 Å². The lowest BCUT2D eigenvalue weighted by Gasteiger charge is -2.05. The monoisotopic (exact) mass is 438 g/mol. The molecule has 1 N–H and O–H groups in total. The first kappa shape index (κ1) is 21.5. The Morgan fingerprint density at radius 2 is 1.76 bits per heavy atom. The molecule has 0 saturated carbocycles. The summed E-state index contributed by atoms with van der Waals surface area (Å²) in [5, 5.41) is 16.8. The maximum Gasteiger partial charge on any atom is 0.266 e. The standard InChI is InChI=1S/C26H19FN4O2/c1-33-22-13-11-18(12-14-22)25-20(17-31(30-25)21-7-3-2-4-8-21)15-19(16-28)26(32)29-24-10-6-5-9-23(24)27/h2-15,17H,1H3,(H,29,32)/b19-15+. The lowest BCUT2D eigenvalue weighted by atomic mass is 10.1. The molecule has 0 unspecified atom stereocenters. The fourth-order valence-electron chi connectivity index (χ4n) is 3.24. The summed E-state index contributed by atoms with van der Waals surface area (Å²) >= 11 is 0. The molecule has 1 aromatic heterocycles. The molecular formula is C26H19FN4O2. The third-order valence-corrected chi connectivity index (χ3v) is 4.91. The normalized spacial score (nSPS) is 11.0. The highest BCUT2D eigenvalue weighted by molar-refractivity contribution is 6.10. The zero-order valence-corrected chi connectivity index (χ0v) is 17.7. The van der Waals surface area contributed by atoms with Gasteiger partial charge in [0.25, 0.3) is 5.91 Å². The third-order valence-electron chi connectivity index (χ3n) is 4.91. The number of benzene rings is 3. The molecule has 7 heteroatoms. The number of anilines is 1. The van der Waals surface area contributed by atoms with Crippen molar-refractivity contribution in [3.63, 3.8) is 0 Å². The topological polar surface area (TPSA) is 79.9 Å². The van der Waals surface area contributed by atoms with Gasteiger partial charge in [-0.25, -0.2) is 9.07 Å². The predicted molar refractivity (Wildman–Crippen MR) is 124 cm³/mol. The second kappa shape index (κ2) is 9.62. The number of methoxy groups -OCH3 is 1. The molecule has 0 aliphatic heterocycles. The van der Waals surface area contributed by atoms with E-state index in [0.717, 1.165) is 11.3 Å². The van der Waals surface area contributed by atoms with Crippen LogP contribution in [0.1, 0.15) is 5.56 Å². The molecule has 0 atom stereocenters. The maximum atomic E-state index is 13.9. The summed E-state index contributed by atoms with van der Waals surface area (Å²) in [6.45, 7) is 0. The van der Waals surface area contributed by atoms with E-state index in [0.29, 0.717) is 17.0 Å². The molecule has 1 heterocycles. The Morgan fingerprint density at radius 1 is 1.06 bits per heavy atom. The Bertz CT molecular complexity index is 1350. The highest BCUT2D eigenvalue weighted by Gasteiger charge is 2.16. The smallest absolute Gasteiger partial charge is 0.266 e. The molecule has 0 saturated heterocycles. The van der Waals surface area contributed by atoms with Gasteiger partial charge in [0.05, 0.1) is 24.2 Å². The third kappa shape index (κ3) is 4.81. The zero-order valence-electron chi connectivity index (χ0n) is 17.7. The molecule has 6 nitrogen and oxygen atoms in total. The van der Waals surface area contributed by atoms with Gasteiger partial charge < -0.3 is 10.1 Å². The van der Waals surface area contributed by atoms with E-state index >= 15 is 0 Å². The highest BCUT2D eigenvalue weighted by Crippen LogP contribution is 2.27. The Balaban J connectivity index is 1.76. The number of para-hydroxylation sites is 2. The van der Waals surface area contributed by atoms with Gasteiger partial charge in [0, 0.05) is 17.3 Å². The van der Waals surface area contributed by atoms with Crippen molar-refractivity contribution in [2.75, 3.05) is 12.4 Å². The number of nitrogens with one attached hydrogen (secondary N) is 1. The lowest BCUT2D eigenvalue weighted by molar-refractivity contribution is -0.112. The fraction of sp³-hybridized carbons (Fsp3) is 0.0385. The average Bonchev–Trinajstić information content (AvgIpc) is 3.28. The van der Waals surface area contributed by atoms with Crippen molar-refractivity contribution >= 4 is 17.7 Å². The van der Waals surface area contributed by atoms with Crippen molar-refractivity contribution in [3.05, 3.63) is 102 Å². The highest BCUT2D eigenvalue weighted by atomic mass is 19.1. The van der Waals surface area contributed by atoms with Crippen LogP contribution in [0.15, 0.2) is 90.6 Å². The van der Waals surface area contributed by atoms with Gasteiger partial charge in [-0.2, -0.15) is 10.4 Å². The van der Waals surface area contributed by atoms with Gasteiger partial charge >= 0.3 is 0 Å². The van der Waals surface area contributed by atoms with E-state index in [1.165, 1.54) is 24.3 Å². The van der Waals surface area contributed by atoms with Crippen molar-refractivity contribution in [2.45, 2.75) is 0 Å². The molecule has 162 valence electrons. The van der Waals surface area contributed by atoms with Crippen LogP contribution >= 0.6 is 0 Å². The van der Waals surface area contributed by atoms with Gasteiger partial charge in [0.2, 0.25) is 0 Å². The number of rotatable bonds is 6. The van der Waals surface area contributed by atoms with E-state index in [2.05, 4.69) is 10.4 Å². The molecule has 0 aliphatic carbocycles. The summed E-state index contributed by atoms with van der Waals surface area (Å²) in [5.41, 5.74) is 2.56. The summed E-state index contributed by atoms with van der Waals surface area (Å²) in [5.74, 6) is -0.602. The number of amides is 1. The van der Waals surface area contributed by atoms with Crippen LogP contribution in [-0.4, -0.2) is 22.8 Å².